The van der Waals surface area contributed by atoms with Gasteiger partial charge in [0.25, 0.3) is 0 Å². The van der Waals surface area contributed by atoms with Gasteiger partial charge in [-0.1, -0.05) is 32.9 Å². The summed E-state index contributed by atoms with van der Waals surface area (Å²) in [5.74, 6) is -0.204. The van der Waals surface area contributed by atoms with E-state index >= 15 is 0 Å². The Kier molecular flexibility index (Phi) is 4.00. The minimum absolute atomic E-state index is 0.0395. The molecule has 0 bridgehead atoms. The van der Waals surface area contributed by atoms with Crippen molar-refractivity contribution >= 4 is 0 Å². The third-order valence-electron chi connectivity index (χ3n) is 3.12. The molecule has 0 fully saturated rings. The number of H-pyrrole nitrogens is 1. The third-order valence-corrected chi connectivity index (χ3v) is 3.12. The highest BCUT2D eigenvalue weighted by Gasteiger charge is 2.25. The number of rotatable bonds is 4. The summed E-state index contributed by atoms with van der Waals surface area (Å²) in [6.07, 6.45) is 1.74. The van der Waals surface area contributed by atoms with E-state index in [1.807, 2.05) is 18.2 Å². The Morgan fingerprint density at radius 2 is 1.89 bits per heavy atom. The van der Waals surface area contributed by atoms with Gasteiger partial charge in [-0.25, -0.2) is 4.39 Å². The molecule has 19 heavy (non-hydrogen) atoms. The Balaban J connectivity index is 2.14. The minimum Gasteiger partial charge on any atom is -0.304 e. The van der Waals surface area contributed by atoms with Gasteiger partial charge in [-0.2, -0.15) is 5.10 Å². The molecule has 1 unspecified atom stereocenters. The summed E-state index contributed by atoms with van der Waals surface area (Å²) in [6.45, 7) is 7.21. The van der Waals surface area contributed by atoms with Crippen LogP contribution in [-0.4, -0.2) is 10.2 Å². The van der Waals surface area contributed by atoms with Crippen molar-refractivity contribution in [2.75, 3.05) is 0 Å². The maximum atomic E-state index is 13.0. The Labute approximate surface area is 113 Å². The molecular formula is C15H20FN3. The molecule has 1 aromatic heterocycles. The number of hydrogen-bond acceptors (Lipinski definition) is 2. The number of aromatic nitrogens is 2. The van der Waals surface area contributed by atoms with E-state index in [9.17, 15) is 4.39 Å². The second-order valence-corrected chi connectivity index (χ2v) is 5.81. The van der Waals surface area contributed by atoms with E-state index in [4.69, 9.17) is 0 Å². The lowest BCUT2D eigenvalue weighted by atomic mass is 9.82. The maximum Gasteiger partial charge on any atom is 0.123 e. The maximum absolute atomic E-state index is 13.0. The van der Waals surface area contributed by atoms with Crippen LogP contribution in [0.4, 0.5) is 4.39 Å². The lowest BCUT2D eigenvalue weighted by molar-refractivity contribution is 0.270. The summed E-state index contributed by atoms with van der Waals surface area (Å²) < 4.78 is 13.0. The highest BCUT2D eigenvalue weighted by Crippen LogP contribution is 2.32. The number of nitrogens with one attached hydrogen (secondary N) is 2. The molecule has 0 aliphatic heterocycles. The minimum atomic E-state index is -0.204. The van der Waals surface area contributed by atoms with E-state index in [1.54, 1.807) is 6.20 Å². The second kappa shape index (κ2) is 5.53. The van der Waals surface area contributed by atoms with Crippen LogP contribution in [0, 0.1) is 11.2 Å². The fourth-order valence-corrected chi connectivity index (χ4v) is 2.17. The molecule has 0 amide bonds. The summed E-state index contributed by atoms with van der Waals surface area (Å²) >= 11 is 0. The SMILES string of the molecule is CC(C)(C)C(NCc1ccn[nH]1)c1ccc(F)cc1. The van der Waals surface area contributed by atoms with Crippen molar-refractivity contribution in [3.63, 3.8) is 0 Å². The quantitative estimate of drug-likeness (QED) is 0.885. The molecular weight excluding hydrogens is 241 g/mol. The van der Waals surface area contributed by atoms with Gasteiger partial charge in [0.05, 0.1) is 0 Å². The van der Waals surface area contributed by atoms with Crippen molar-refractivity contribution < 1.29 is 4.39 Å². The molecule has 4 heteroatoms. The molecule has 102 valence electrons. The van der Waals surface area contributed by atoms with Gasteiger partial charge >= 0.3 is 0 Å². The monoisotopic (exact) mass is 261 g/mol. The number of halogens is 1. The number of nitrogens with zero attached hydrogens (tertiary/aromatic N) is 1. The molecule has 0 spiro atoms. The van der Waals surface area contributed by atoms with Crippen LogP contribution < -0.4 is 5.32 Å². The molecule has 2 rings (SSSR count). The first-order chi connectivity index (χ1) is 8.97. The van der Waals surface area contributed by atoms with Gasteiger partial charge < -0.3 is 5.32 Å². The molecule has 0 saturated heterocycles. The Bertz CT molecular complexity index is 497. The highest BCUT2D eigenvalue weighted by atomic mass is 19.1. The predicted octanol–water partition coefficient (Wildman–Crippen LogP) is 3.43. The van der Waals surface area contributed by atoms with Gasteiger partial charge in [-0.15, -0.1) is 0 Å². The van der Waals surface area contributed by atoms with E-state index in [2.05, 4.69) is 36.3 Å². The summed E-state index contributed by atoms with van der Waals surface area (Å²) in [5.41, 5.74) is 2.17. The molecule has 0 aliphatic carbocycles. The van der Waals surface area contributed by atoms with Gasteiger partial charge in [0.15, 0.2) is 0 Å². The van der Waals surface area contributed by atoms with Crippen LogP contribution in [0.2, 0.25) is 0 Å². The fraction of sp³-hybridized carbons (Fsp3) is 0.400. The lowest BCUT2D eigenvalue weighted by Gasteiger charge is -2.32. The molecule has 2 N–H and O–H groups in total. The molecule has 0 aliphatic rings. The number of hydrogen-bond donors (Lipinski definition) is 2. The first-order valence-corrected chi connectivity index (χ1v) is 6.44. The Hall–Kier alpha value is -1.68. The first kappa shape index (κ1) is 13.7. The summed E-state index contributed by atoms with van der Waals surface area (Å²) in [6, 6.07) is 8.78. The second-order valence-electron chi connectivity index (χ2n) is 5.81. The Morgan fingerprint density at radius 3 is 2.42 bits per heavy atom. The van der Waals surface area contributed by atoms with Gasteiger partial charge in [0.1, 0.15) is 5.82 Å². The lowest BCUT2D eigenvalue weighted by Crippen LogP contribution is -2.32. The average molecular weight is 261 g/mol. The van der Waals surface area contributed by atoms with Crippen molar-refractivity contribution in [3.05, 3.63) is 53.6 Å². The van der Waals surface area contributed by atoms with E-state index in [0.29, 0.717) is 6.54 Å². The smallest absolute Gasteiger partial charge is 0.123 e. The van der Waals surface area contributed by atoms with Crippen molar-refractivity contribution in [3.8, 4) is 0 Å². The molecule has 3 nitrogen and oxygen atoms in total. The van der Waals surface area contributed by atoms with Crippen LogP contribution >= 0.6 is 0 Å². The average Bonchev–Trinajstić information content (AvgIpc) is 2.83. The molecule has 1 heterocycles. The van der Waals surface area contributed by atoms with Crippen LogP contribution in [0.3, 0.4) is 0 Å². The molecule has 1 atom stereocenters. The molecule has 0 saturated carbocycles. The number of aromatic amines is 1. The van der Waals surface area contributed by atoms with Gasteiger partial charge in [0.2, 0.25) is 0 Å². The van der Waals surface area contributed by atoms with Crippen molar-refractivity contribution in [1.29, 1.82) is 0 Å². The Morgan fingerprint density at radius 1 is 1.21 bits per heavy atom. The zero-order valence-electron chi connectivity index (χ0n) is 11.6. The predicted molar refractivity (Wildman–Crippen MR) is 74.0 cm³/mol. The van der Waals surface area contributed by atoms with Crippen molar-refractivity contribution in [2.45, 2.75) is 33.4 Å². The normalized spacial score (nSPS) is 13.5. The zero-order chi connectivity index (χ0) is 13.9. The topological polar surface area (TPSA) is 40.7 Å². The summed E-state index contributed by atoms with van der Waals surface area (Å²) in [5, 5.41) is 10.4. The van der Waals surface area contributed by atoms with Crippen molar-refractivity contribution in [1.82, 2.24) is 15.5 Å². The van der Waals surface area contributed by atoms with Gasteiger partial charge in [-0.3, -0.25) is 5.10 Å². The largest absolute Gasteiger partial charge is 0.304 e. The molecule has 1 aromatic carbocycles. The van der Waals surface area contributed by atoms with Gasteiger partial charge in [0, 0.05) is 24.5 Å². The van der Waals surface area contributed by atoms with Gasteiger partial charge in [-0.05, 0) is 29.2 Å². The highest BCUT2D eigenvalue weighted by molar-refractivity contribution is 5.21. The fourth-order valence-electron chi connectivity index (χ4n) is 2.17. The zero-order valence-corrected chi connectivity index (χ0v) is 11.6. The summed E-state index contributed by atoms with van der Waals surface area (Å²) in [7, 11) is 0. The van der Waals surface area contributed by atoms with Crippen LogP contribution in [0.5, 0.6) is 0 Å². The van der Waals surface area contributed by atoms with E-state index in [0.717, 1.165) is 11.3 Å². The first-order valence-electron chi connectivity index (χ1n) is 6.44. The van der Waals surface area contributed by atoms with E-state index < -0.39 is 0 Å². The van der Waals surface area contributed by atoms with E-state index in [1.165, 1.54) is 12.1 Å². The van der Waals surface area contributed by atoms with E-state index in [-0.39, 0.29) is 17.3 Å². The molecule has 0 radical (unpaired) electrons. The van der Waals surface area contributed by atoms with Crippen LogP contribution in [0.1, 0.15) is 38.1 Å². The van der Waals surface area contributed by atoms with Crippen LogP contribution in [0.25, 0.3) is 0 Å². The van der Waals surface area contributed by atoms with Crippen LogP contribution in [0.15, 0.2) is 36.5 Å². The summed E-state index contributed by atoms with van der Waals surface area (Å²) in [4.78, 5) is 0. The number of benzene rings is 1. The van der Waals surface area contributed by atoms with Crippen molar-refractivity contribution in [2.24, 2.45) is 5.41 Å². The molecule has 2 aromatic rings. The van der Waals surface area contributed by atoms with Crippen LogP contribution in [-0.2, 0) is 6.54 Å². The standard InChI is InChI=1S/C15H20FN3/c1-15(2,3)14(11-4-6-12(16)7-5-11)17-10-13-8-9-18-19-13/h4-9,14,17H,10H2,1-3H3,(H,18,19). The third kappa shape index (κ3) is 3.64.